The third-order valence-corrected chi connectivity index (χ3v) is 4.05. The molecular weight excluding hydrogens is 264 g/mol. The molecule has 0 spiro atoms. The van der Waals surface area contributed by atoms with Crippen LogP contribution in [0.2, 0.25) is 0 Å². The van der Waals surface area contributed by atoms with E-state index in [1.807, 2.05) is 37.8 Å². The first-order valence-electron chi connectivity index (χ1n) is 7.82. The molecule has 3 atom stereocenters. The Hall–Kier alpha value is -1.39. The van der Waals surface area contributed by atoms with Gasteiger partial charge in [0.1, 0.15) is 6.17 Å². The van der Waals surface area contributed by atoms with Crippen LogP contribution in [-0.2, 0) is 9.53 Å². The zero-order chi connectivity index (χ0) is 15.4. The number of hydrogen-bond acceptors (Lipinski definition) is 3. The Labute approximate surface area is 127 Å². The first kappa shape index (κ1) is 16.0. The lowest BCUT2D eigenvalue weighted by atomic mass is 10.1. The number of amides is 1. The molecule has 1 saturated heterocycles. The van der Waals surface area contributed by atoms with E-state index in [0.29, 0.717) is 13.2 Å². The summed E-state index contributed by atoms with van der Waals surface area (Å²) in [4.78, 5) is 14.5. The summed E-state index contributed by atoms with van der Waals surface area (Å²) >= 11 is 0. The fourth-order valence-electron chi connectivity index (χ4n) is 2.93. The predicted octanol–water partition coefficient (Wildman–Crippen LogP) is 2.63. The lowest BCUT2D eigenvalue weighted by Crippen LogP contribution is -2.37. The molecule has 3 unspecified atom stereocenters. The van der Waals surface area contributed by atoms with E-state index in [1.54, 1.807) is 0 Å². The highest BCUT2D eigenvalue weighted by molar-refractivity contribution is 5.84. The van der Waals surface area contributed by atoms with Gasteiger partial charge in [-0.3, -0.25) is 10.1 Å². The van der Waals surface area contributed by atoms with E-state index < -0.39 is 0 Å². The van der Waals surface area contributed by atoms with Gasteiger partial charge in [-0.25, -0.2) is 0 Å². The average Bonchev–Trinajstić information content (AvgIpc) is 2.77. The summed E-state index contributed by atoms with van der Waals surface area (Å²) in [6.45, 7) is 9.42. The SMILES string of the molecule is CCOC(C)CN1C(=O)C(CC)NC1c1ccccc1C. The van der Waals surface area contributed by atoms with Crippen LogP contribution in [0.4, 0.5) is 0 Å². The molecule has 4 nitrogen and oxygen atoms in total. The Kier molecular flexibility index (Phi) is 5.37. The lowest BCUT2D eigenvalue weighted by molar-refractivity contribution is -0.132. The van der Waals surface area contributed by atoms with Crippen LogP contribution in [0.5, 0.6) is 0 Å². The molecule has 4 heteroatoms. The van der Waals surface area contributed by atoms with Crippen molar-refractivity contribution < 1.29 is 9.53 Å². The average molecular weight is 290 g/mol. The number of carbonyl (C=O) groups is 1. The van der Waals surface area contributed by atoms with Gasteiger partial charge in [-0.05, 0) is 38.3 Å². The number of nitrogens with zero attached hydrogens (tertiary/aromatic N) is 1. The standard InChI is InChI=1S/C17H26N2O2/c1-5-15-17(20)19(11-13(4)21-6-2)16(18-15)14-10-8-7-9-12(14)3/h7-10,13,15-16,18H,5-6,11H2,1-4H3. The van der Waals surface area contributed by atoms with E-state index in [-0.39, 0.29) is 24.2 Å². The third-order valence-electron chi connectivity index (χ3n) is 4.05. The molecule has 2 rings (SSSR count). The molecule has 116 valence electrons. The zero-order valence-corrected chi connectivity index (χ0v) is 13.4. The van der Waals surface area contributed by atoms with Gasteiger partial charge < -0.3 is 9.64 Å². The van der Waals surface area contributed by atoms with Gasteiger partial charge >= 0.3 is 0 Å². The summed E-state index contributed by atoms with van der Waals surface area (Å²) in [7, 11) is 0. The fraction of sp³-hybridized carbons (Fsp3) is 0.588. The van der Waals surface area contributed by atoms with Crippen LogP contribution in [0.3, 0.4) is 0 Å². The molecule has 1 aliphatic rings. The van der Waals surface area contributed by atoms with Gasteiger partial charge in [0.2, 0.25) is 5.91 Å². The van der Waals surface area contributed by atoms with E-state index >= 15 is 0 Å². The molecule has 1 amide bonds. The fourth-order valence-corrected chi connectivity index (χ4v) is 2.93. The van der Waals surface area contributed by atoms with E-state index in [4.69, 9.17) is 4.74 Å². The van der Waals surface area contributed by atoms with Gasteiger partial charge in [0.15, 0.2) is 0 Å². The minimum Gasteiger partial charge on any atom is -0.377 e. The Morgan fingerprint density at radius 1 is 1.33 bits per heavy atom. The van der Waals surface area contributed by atoms with Crippen molar-refractivity contribution in [2.45, 2.75) is 52.4 Å². The molecule has 1 aromatic carbocycles. The normalized spacial score (nSPS) is 23.6. The van der Waals surface area contributed by atoms with E-state index in [9.17, 15) is 4.79 Å². The molecule has 1 fully saturated rings. The molecular formula is C17H26N2O2. The van der Waals surface area contributed by atoms with Crippen molar-refractivity contribution in [1.29, 1.82) is 0 Å². The number of rotatable bonds is 6. The number of benzene rings is 1. The molecule has 1 N–H and O–H groups in total. The lowest BCUT2D eigenvalue weighted by Gasteiger charge is -2.28. The quantitative estimate of drug-likeness (QED) is 0.875. The Balaban J connectivity index is 2.24. The summed E-state index contributed by atoms with van der Waals surface area (Å²) in [5.41, 5.74) is 2.37. The second-order valence-corrected chi connectivity index (χ2v) is 5.64. The molecule has 1 heterocycles. The highest BCUT2D eigenvalue weighted by Gasteiger charge is 2.39. The highest BCUT2D eigenvalue weighted by atomic mass is 16.5. The van der Waals surface area contributed by atoms with Crippen molar-refractivity contribution in [3.8, 4) is 0 Å². The summed E-state index contributed by atoms with van der Waals surface area (Å²) in [6, 6.07) is 8.14. The maximum Gasteiger partial charge on any atom is 0.241 e. The molecule has 21 heavy (non-hydrogen) atoms. The first-order valence-corrected chi connectivity index (χ1v) is 7.82. The molecule has 0 saturated carbocycles. The van der Waals surface area contributed by atoms with Crippen molar-refractivity contribution in [2.75, 3.05) is 13.2 Å². The summed E-state index contributed by atoms with van der Waals surface area (Å²) in [6.07, 6.45) is 0.801. The number of aryl methyl sites for hydroxylation is 1. The van der Waals surface area contributed by atoms with Crippen LogP contribution in [0.1, 0.15) is 44.5 Å². The largest absolute Gasteiger partial charge is 0.377 e. The van der Waals surface area contributed by atoms with E-state index in [2.05, 4.69) is 24.4 Å². The second-order valence-electron chi connectivity index (χ2n) is 5.64. The van der Waals surface area contributed by atoms with E-state index in [0.717, 1.165) is 6.42 Å². The number of carbonyl (C=O) groups excluding carboxylic acids is 1. The van der Waals surface area contributed by atoms with Gasteiger partial charge in [-0.1, -0.05) is 31.2 Å². The molecule has 0 radical (unpaired) electrons. The van der Waals surface area contributed by atoms with Crippen LogP contribution in [0.15, 0.2) is 24.3 Å². The van der Waals surface area contributed by atoms with Crippen molar-refractivity contribution >= 4 is 5.91 Å². The maximum atomic E-state index is 12.6. The number of nitrogens with one attached hydrogen (secondary N) is 1. The summed E-state index contributed by atoms with van der Waals surface area (Å²) in [5, 5.41) is 3.47. The topological polar surface area (TPSA) is 41.6 Å². The monoisotopic (exact) mass is 290 g/mol. The maximum absolute atomic E-state index is 12.6. The van der Waals surface area contributed by atoms with Gasteiger partial charge in [0, 0.05) is 13.2 Å². The minimum atomic E-state index is -0.0940. The van der Waals surface area contributed by atoms with Crippen LogP contribution < -0.4 is 5.32 Å². The third kappa shape index (κ3) is 3.44. The van der Waals surface area contributed by atoms with Crippen molar-refractivity contribution in [3.63, 3.8) is 0 Å². The van der Waals surface area contributed by atoms with Crippen molar-refractivity contribution in [3.05, 3.63) is 35.4 Å². The Morgan fingerprint density at radius 3 is 2.67 bits per heavy atom. The van der Waals surface area contributed by atoms with Crippen molar-refractivity contribution in [2.24, 2.45) is 0 Å². The van der Waals surface area contributed by atoms with Gasteiger partial charge in [0.05, 0.1) is 12.1 Å². The van der Waals surface area contributed by atoms with E-state index in [1.165, 1.54) is 11.1 Å². The van der Waals surface area contributed by atoms with Crippen LogP contribution in [0, 0.1) is 6.92 Å². The molecule has 0 bridgehead atoms. The van der Waals surface area contributed by atoms with Crippen molar-refractivity contribution in [1.82, 2.24) is 10.2 Å². The first-order chi connectivity index (χ1) is 10.1. The number of ether oxygens (including phenoxy) is 1. The van der Waals surface area contributed by atoms with Gasteiger partial charge in [0.25, 0.3) is 0 Å². The molecule has 1 aliphatic heterocycles. The molecule has 0 aliphatic carbocycles. The summed E-state index contributed by atoms with van der Waals surface area (Å²) < 4.78 is 5.61. The predicted molar refractivity (Wildman–Crippen MR) is 83.9 cm³/mol. The smallest absolute Gasteiger partial charge is 0.241 e. The summed E-state index contributed by atoms with van der Waals surface area (Å²) in [5.74, 6) is 0.178. The number of hydrogen-bond donors (Lipinski definition) is 1. The molecule has 1 aromatic rings. The minimum absolute atomic E-state index is 0.0443. The van der Waals surface area contributed by atoms with Crippen LogP contribution >= 0.6 is 0 Å². The Morgan fingerprint density at radius 2 is 2.05 bits per heavy atom. The van der Waals surface area contributed by atoms with Gasteiger partial charge in [-0.2, -0.15) is 0 Å². The second kappa shape index (κ2) is 7.05. The molecule has 0 aromatic heterocycles. The highest BCUT2D eigenvalue weighted by Crippen LogP contribution is 2.28. The Bertz CT molecular complexity index is 489. The van der Waals surface area contributed by atoms with Gasteiger partial charge in [-0.15, -0.1) is 0 Å². The van der Waals surface area contributed by atoms with Crippen LogP contribution in [0.25, 0.3) is 0 Å². The zero-order valence-electron chi connectivity index (χ0n) is 13.4. The van der Waals surface area contributed by atoms with Crippen LogP contribution in [-0.4, -0.2) is 36.1 Å².